The van der Waals surface area contributed by atoms with Crippen LogP contribution < -0.4 is 0 Å². The number of hydrogen-bond donors (Lipinski definition) is 4. The second-order valence-corrected chi connectivity index (χ2v) is 2.47. The van der Waals surface area contributed by atoms with Crippen molar-refractivity contribution in [3.05, 3.63) is 0 Å². The summed E-state index contributed by atoms with van der Waals surface area (Å²) in [5, 5.41) is 0. The molecule has 8 heavy (non-hydrogen) atoms. The van der Waals surface area contributed by atoms with Crippen LogP contribution in [0.5, 0.6) is 0 Å². The van der Waals surface area contributed by atoms with Crippen LogP contribution in [-0.2, 0) is 18.1 Å². The van der Waals surface area contributed by atoms with Gasteiger partial charge in [-0.15, -0.1) is 0 Å². The van der Waals surface area contributed by atoms with Crippen LogP contribution in [0.1, 0.15) is 0 Å². The molecule has 0 unspecified atom stereocenters. The molecule has 0 radical (unpaired) electrons. The van der Waals surface area contributed by atoms with E-state index in [1.807, 2.05) is 0 Å². The minimum atomic E-state index is -5.00. The second kappa shape index (κ2) is 11.1. The third kappa shape index (κ3) is 50.0. The van der Waals surface area contributed by atoms with E-state index in [2.05, 4.69) is 0 Å². The third-order valence-electron chi connectivity index (χ3n) is 0. The van der Waals surface area contributed by atoms with Gasteiger partial charge in [-0.25, -0.2) is 0 Å². The molecule has 0 aromatic rings. The van der Waals surface area contributed by atoms with E-state index in [-0.39, 0.29) is 107 Å². The van der Waals surface area contributed by atoms with Crippen molar-refractivity contribution >= 4 is 107 Å². The van der Waals surface area contributed by atoms with Crippen molar-refractivity contribution in [2.45, 2.75) is 0 Å². The van der Waals surface area contributed by atoms with Gasteiger partial charge < -0.3 is 0 Å². The maximum absolute atomic E-state index is 7.38. The van der Waals surface area contributed by atoms with Crippen LogP contribution in [0.15, 0.2) is 0 Å². The van der Waals surface area contributed by atoms with Crippen molar-refractivity contribution in [3.8, 4) is 0 Å². The Morgan fingerprint density at radius 3 is 0.875 bits per heavy atom. The molecule has 4 N–H and O–H groups in total. The zero-order valence-corrected chi connectivity index (χ0v) is 10.1. The van der Waals surface area contributed by atoms with Crippen LogP contribution in [0, 0.1) is 0 Å². The summed E-state index contributed by atoms with van der Waals surface area (Å²) in [5.74, 6) is 0. The Bertz CT molecular complexity index is 31.5. The summed E-state index contributed by atoms with van der Waals surface area (Å²) in [6.45, 7) is 0. The average molecular weight is 392 g/mol. The molecule has 0 saturated heterocycles. The topological polar surface area (TPSA) is 80.9 Å². The average Bonchev–Trinajstić information content (AvgIpc) is 0.722. The van der Waals surface area contributed by atoms with Gasteiger partial charge in [0.05, 0.1) is 0 Å². The Morgan fingerprint density at radius 1 is 0.875 bits per heavy atom. The molecule has 0 saturated carbocycles. The second-order valence-electron chi connectivity index (χ2n) is 0.600. The Kier molecular flexibility index (Phi) is 31.4. The van der Waals surface area contributed by atoms with Crippen LogP contribution in [0.4, 0.5) is 0 Å². The van der Waals surface area contributed by atoms with Gasteiger partial charge in [-0.2, -0.15) is 0 Å². The molecule has 0 rings (SSSR count). The molecule has 4 nitrogen and oxygen atoms in total. The van der Waals surface area contributed by atoms with Gasteiger partial charge in [0.25, 0.3) is 0 Å². The van der Waals surface area contributed by atoms with Crippen molar-refractivity contribution in [1.29, 1.82) is 0 Å². The fourth-order valence-corrected chi connectivity index (χ4v) is 0. The molecule has 0 aliphatic carbocycles. The summed E-state index contributed by atoms with van der Waals surface area (Å²) in [7, 11) is 0. The van der Waals surface area contributed by atoms with E-state index in [0.717, 1.165) is 0 Å². The Hall–Kier alpha value is 4.07. The number of rotatable bonds is 0. The standard InChI is InChI=1S/Bi.K.Na.4H2O.Ti.5H/h;;;4*1H2;;;;;;/q;;;;;;;+4;;;;;/p-4. The molecular formula is H9BiKNaO4Ti. The van der Waals surface area contributed by atoms with Crippen LogP contribution in [0.2, 0.25) is 0 Å². The van der Waals surface area contributed by atoms with Gasteiger partial charge in [-0.1, -0.05) is 0 Å². The predicted octanol–water partition coefficient (Wildman–Crippen LogP) is -4.71. The Balaban J connectivity index is -0.0000000267. The van der Waals surface area contributed by atoms with E-state index < -0.39 is 18.1 Å². The SMILES string of the molecule is [BiH3].[KH].[NaH].[OH][Ti]([OH])([OH])[OH]. The molecule has 0 bridgehead atoms. The Labute approximate surface area is 136 Å². The summed E-state index contributed by atoms with van der Waals surface area (Å²) >= 11 is -5.00. The first-order valence-corrected chi connectivity index (χ1v) is 3.69. The van der Waals surface area contributed by atoms with E-state index in [1.165, 1.54) is 0 Å². The molecule has 0 aliphatic rings. The van der Waals surface area contributed by atoms with Crippen LogP contribution in [-0.4, -0.2) is 122 Å². The zero-order valence-electron chi connectivity index (χ0n) is 3.00. The first-order valence-electron chi connectivity index (χ1n) is 0.894. The van der Waals surface area contributed by atoms with Gasteiger partial charge in [0.2, 0.25) is 0 Å². The molecule has 0 fully saturated rings. The van der Waals surface area contributed by atoms with Crippen molar-refractivity contribution in [2.24, 2.45) is 0 Å². The Morgan fingerprint density at radius 2 is 0.875 bits per heavy atom. The van der Waals surface area contributed by atoms with Crippen LogP contribution in [0.3, 0.4) is 0 Å². The molecule has 0 aromatic heterocycles. The summed E-state index contributed by atoms with van der Waals surface area (Å²) in [6.07, 6.45) is 0. The van der Waals surface area contributed by atoms with Gasteiger partial charge in [-0.05, 0) is 0 Å². The van der Waals surface area contributed by atoms with Crippen molar-refractivity contribution in [3.63, 3.8) is 0 Å². The first kappa shape index (κ1) is 22.7. The van der Waals surface area contributed by atoms with Gasteiger partial charge in [0.15, 0.2) is 0 Å². The monoisotopic (exact) mass is 392 g/mol. The van der Waals surface area contributed by atoms with Gasteiger partial charge in [0, 0.05) is 0 Å². The van der Waals surface area contributed by atoms with Crippen molar-refractivity contribution in [2.75, 3.05) is 0 Å². The fraction of sp³-hybridized carbons (Fsp3) is 0. The quantitative estimate of drug-likeness (QED) is 0.313. The summed E-state index contributed by atoms with van der Waals surface area (Å²) in [6, 6.07) is 0. The normalized spacial score (nSPS) is 7.50. The van der Waals surface area contributed by atoms with Gasteiger partial charge >= 0.3 is 140 Å². The van der Waals surface area contributed by atoms with E-state index in [0.29, 0.717) is 0 Å². The maximum atomic E-state index is 7.38. The summed E-state index contributed by atoms with van der Waals surface area (Å²) in [4.78, 5) is 0. The van der Waals surface area contributed by atoms with Gasteiger partial charge in [0.1, 0.15) is 0 Å². The molecule has 0 heterocycles. The first-order chi connectivity index (χ1) is 2.00. The van der Waals surface area contributed by atoms with E-state index in [9.17, 15) is 0 Å². The predicted molar refractivity (Wildman–Crippen MR) is 33.1 cm³/mol. The summed E-state index contributed by atoms with van der Waals surface area (Å²) < 4.78 is 29.5. The van der Waals surface area contributed by atoms with Crippen molar-refractivity contribution in [1.82, 2.24) is 0 Å². The molecule has 0 amide bonds. The van der Waals surface area contributed by atoms with E-state index >= 15 is 0 Å². The molecule has 44 valence electrons. The molecule has 8 heteroatoms. The van der Waals surface area contributed by atoms with Crippen LogP contribution >= 0.6 is 0 Å². The number of hydrogen-bond acceptors (Lipinski definition) is 4. The van der Waals surface area contributed by atoms with E-state index in [4.69, 9.17) is 14.8 Å². The molecular weight excluding hydrogens is 383 g/mol. The zero-order chi connectivity index (χ0) is 4.50. The fourth-order valence-electron chi connectivity index (χ4n) is 0. The molecule has 0 atom stereocenters. The molecule has 0 spiro atoms. The van der Waals surface area contributed by atoms with E-state index in [1.54, 1.807) is 0 Å². The van der Waals surface area contributed by atoms with Crippen LogP contribution in [0.25, 0.3) is 0 Å². The minimum absolute atomic E-state index is 0. The third-order valence-corrected chi connectivity index (χ3v) is 0. The van der Waals surface area contributed by atoms with Crippen molar-refractivity contribution < 1.29 is 32.9 Å². The molecule has 0 aliphatic heterocycles. The molecule has 0 aromatic carbocycles. The summed E-state index contributed by atoms with van der Waals surface area (Å²) in [5.41, 5.74) is 0. The van der Waals surface area contributed by atoms with Gasteiger partial charge in [-0.3, -0.25) is 0 Å².